The van der Waals surface area contributed by atoms with Crippen molar-refractivity contribution in [2.75, 3.05) is 0 Å². The number of thiol groups is 2. The number of hydrogen-bond acceptors (Lipinski definition) is 4. The Morgan fingerprint density at radius 1 is 1.60 bits per heavy atom. The van der Waals surface area contributed by atoms with Gasteiger partial charge < -0.3 is 5.11 Å². The zero-order chi connectivity index (χ0) is 8.15. The molecule has 0 aliphatic rings. The molecule has 0 aliphatic carbocycles. The number of carbonyl (C=O) groups is 2. The predicted molar refractivity (Wildman–Crippen MR) is 42.2 cm³/mol. The summed E-state index contributed by atoms with van der Waals surface area (Å²) in [5, 5.41) is 7.67. The lowest BCUT2D eigenvalue weighted by Crippen LogP contribution is -2.30. The van der Waals surface area contributed by atoms with Crippen molar-refractivity contribution in [2.45, 2.75) is 12.5 Å². The fourth-order valence-corrected chi connectivity index (χ4v) is 0.829. The van der Waals surface area contributed by atoms with Crippen molar-refractivity contribution in [1.82, 2.24) is 4.72 Å². The van der Waals surface area contributed by atoms with Gasteiger partial charge >= 0.3 is 5.97 Å². The molecule has 0 unspecified atom stereocenters. The van der Waals surface area contributed by atoms with Crippen LogP contribution in [0.5, 0.6) is 0 Å². The Bertz CT molecular complexity index is 149. The van der Waals surface area contributed by atoms with Gasteiger partial charge in [0, 0.05) is 0 Å². The van der Waals surface area contributed by atoms with Crippen LogP contribution in [0.2, 0.25) is 0 Å². The number of nitrogens with one attached hydrogen (secondary N) is 1. The fraction of sp³-hybridized carbons (Fsp3) is 0.500. The monoisotopic (exact) mass is 181 g/mol. The van der Waals surface area contributed by atoms with Crippen molar-refractivity contribution in [3.63, 3.8) is 0 Å². The predicted octanol–water partition coefficient (Wildman–Crippen LogP) is -0.279. The first-order valence-electron chi connectivity index (χ1n) is 2.42. The molecule has 0 rings (SSSR count). The first-order chi connectivity index (χ1) is 4.57. The van der Waals surface area contributed by atoms with Gasteiger partial charge in [-0.15, -0.1) is 12.6 Å². The second-order valence-electron chi connectivity index (χ2n) is 1.62. The van der Waals surface area contributed by atoms with Crippen molar-refractivity contribution in [3.05, 3.63) is 0 Å². The van der Waals surface area contributed by atoms with Crippen molar-refractivity contribution < 1.29 is 14.7 Å². The molecular formula is C4H7NO3S2. The Balaban J connectivity index is 3.83. The number of carbonyl (C=O) groups excluding carboxylic acids is 1. The van der Waals surface area contributed by atoms with Crippen LogP contribution in [0, 0.1) is 0 Å². The van der Waals surface area contributed by atoms with Gasteiger partial charge in [-0.05, 0) is 0 Å². The van der Waals surface area contributed by atoms with Crippen LogP contribution < -0.4 is 4.72 Å². The first kappa shape index (κ1) is 9.80. The molecule has 0 aromatic rings. The van der Waals surface area contributed by atoms with E-state index in [2.05, 4.69) is 30.2 Å². The summed E-state index contributed by atoms with van der Waals surface area (Å²) in [5.41, 5.74) is 0. The highest BCUT2D eigenvalue weighted by Crippen LogP contribution is 1.97. The van der Waals surface area contributed by atoms with Crippen LogP contribution in [0.15, 0.2) is 0 Å². The van der Waals surface area contributed by atoms with E-state index in [1.165, 1.54) is 0 Å². The summed E-state index contributed by atoms with van der Waals surface area (Å²) in [5.74, 6) is -1.06. The molecule has 0 aromatic heterocycles. The second-order valence-corrected chi connectivity index (χ2v) is 2.32. The number of aliphatic carboxylic acids is 1. The highest BCUT2D eigenvalue weighted by molar-refractivity contribution is 7.96. The molecule has 0 aliphatic heterocycles. The average molecular weight is 181 g/mol. The summed E-state index contributed by atoms with van der Waals surface area (Å²) in [6, 6.07) is -0.816. The van der Waals surface area contributed by atoms with Crippen LogP contribution in [0.3, 0.4) is 0 Å². The normalized spacial score (nSPS) is 12.6. The summed E-state index contributed by atoms with van der Waals surface area (Å²) >= 11 is 6.98. The molecule has 0 amide bonds. The maximum absolute atomic E-state index is 10.4. The lowest BCUT2D eigenvalue weighted by Gasteiger charge is -2.06. The SMILES string of the molecule is O=C(O)C[C@H](NS)C(=O)S. The van der Waals surface area contributed by atoms with E-state index in [9.17, 15) is 9.59 Å². The van der Waals surface area contributed by atoms with Gasteiger partial charge in [-0.1, -0.05) is 12.8 Å². The minimum atomic E-state index is -1.06. The van der Waals surface area contributed by atoms with Gasteiger partial charge in [0.25, 0.3) is 0 Å². The minimum Gasteiger partial charge on any atom is -0.481 e. The Hall–Kier alpha value is -0.200. The van der Waals surface area contributed by atoms with E-state index in [4.69, 9.17) is 5.11 Å². The Kier molecular flexibility index (Phi) is 4.50. The lowest BCUT2D eigenvalue weighted by molar-refractivity contribution is -0.138. The van der Waals surface area contributed by atoms with Gasteiger partial charge in [0.05, 0.1) is 12.5 Å². The molecule has 0 fully saturated rings. The largest absolute Gasteiger partial charge is 0.481 e. The molecule has 0 saturated heterocycles. The number of carboxylic acids is 1. The topological polar surface area (TPSA) is 66.4 Å². The third kappa shape index (κ3) is 3.76. The Labute approximate surface area is 68.9 Å². The van der Waals surface area contributed by atoms with Crippen LogP contribution in [-0.2, 0) is 9.59 Å². The van der Waals surface area contributed by atoms with Crippen LogP contribution in [-0.4, -0.2) is 22.2 Å². The van der Waals surface area contributed by atoms with Crippen LogP contribution in [0.4, 0.5) is 0 Å². The lowest BCUT2D eigenvalue weighted by atomic mass is 10.2. The van der Waals surface area contributed by atoms with E-state index in [0.29, 0.717) is 0 Å². The first-order valence-corrected chi connectivity index (χ1v) is 3.31. The van der Waals surface area contributed by atoms with E-state index in [-0.39, 0.29) is 6.42 Å². The molecule has 1 atom stereocenters. The van der Waals surface area contributed by atoms with Crippen molar-refractivity contribution >= 4 is 36.5 Å². The Morgan fingerprint density at radius 3 is 2.20 bits per heavy atom. The summed E-state index contributed by atoms with van der Waals surface area (Å²) in [7, 11) is 0. The minimum absolute atomic E-state index is 0.300. The van der Waals surface area contributed by atoms with Gasteiger partial charge in [-0.25, -0.2) is 0 Å². The molecule has 10 heavy (non-hydrogen) atoms. The molecule has 4 nitrogen and oxygen atoms in total. The third-order valence-electron chi connectivity index (χ3n) is 0.833. The van der Waals surface area contributed by atoms with Crippen LogP contribution in [0.1, 0.15) is 6.42 Å². The van der Waals surface area contributed by atoms with Gasteiger partial charge in [-0.2, -0.15) is 0 Å². The van der Waals surface area contributed by atoms with Crippen molar-refractivity contribution in [3.8, 4) is 0 Å². The maximum atomic E-state index is 10.4. The standard InChI is InChI=1S/C4H7NO3S2/c6-3(7)1-2(5-10)4(8)9/h2,5,10H,1H2,(H,6,7)(H,8,9)/t2-/m0/s1. The fourth-order valence-electron chi connectivity index (χ4n) is 0.363. The van der Waals surface area contributed by atoms with Crippen LogP contribution in [0.25, 0.3) is 0 Å². The quantitative estimate of drug-likeness (QED) is 0.450. The Morgan fingerprint density at radius 2 is 2.10 bits per heavy atom. The summed E-state index contributed by atoms with van der Waals surface area (Å²) in [4.78, 5) is 20.4. The number of rotatable bonds is 4. The van der Waals surface area contributed by atoms with Crippen molar-refractivity contribution in [1.29, 1.82) is 0 Å². The molecule has 0 heterocycles. The summed E-state index contributed by atoms with van der Waals surface area (Å²) < 4.78 is 2.22. The number of carboxylic acid groups (broad SMARTS) is 1. The summed E-state index contributed by atoms with van der Waals surface area (Å²) in [6.45, 7) is 0. The molecule has 0 saturated carbocycles. The van der Waals surface area contributed by atoms with Crippen molar-refractivity contribution in [2.24, 2.45) is 0 Å². The zero-order valence-corrected chi connectivity index (χ0v) is 6.73. The molecule has 2 N–H and O–H groups in total. The van der Waals surface area contributed by atoms with E-state index in [0.717, 1.165) is 0 Å². The second kappa shape index (κ2) is 4.59. The van der Waals surface area contributed by atoms with Gasteiger partial charge in [-0.3, -0.25) is 14.3 Å². The van der Waals surface area contributed by atoms with E-state index >= 15 is 0 Å². The number of hydrogen-bond donors (Lipinski definition) is 4. The molecule has 0 aromatic carbocycles. The molecule has 0 radical (unpaired) electrons. The molecule has 0 bridgehead atoms. The van der Waals surface area contributed by atoms with E-state index in [1.54, 1.807) is 0 Å². The molecular weight excluding hydrogens is 174 g/mol. The average Bonchev–Trinajstić information content (AvgIpc) is 1.81. The van der Waals surface area contributed by atoms with E-state index in [1.807, 2.05) is 0 Å². The molecule has 6 heteroatoms. The molecule has 0 spiro atoms. The molecule has 58 valence electrons. The van der Waals surface area contributed by atoms with Gasteiger partial charge in [0.1, 0.15) is 0 Å². The van der Waals surface area contributed by atoms with Gasteiger partial charge in [0.2, 0.25) is 5.12 Å². The highest BCUT2D eigenvalue weighted by Gasteiger charge is 2.16. The maximum Gasteiger partial charge on any atom is 0.305 e. The van der Waals surface area contributed by atoms with Gasteiger partial charge in [0.15, 0.2) is 0 Å². The summed E-state index contributed by atoms with van der Waals surface area (Å²) in [6.07, 6.45) is -0.300. The highest BCUT2D eigenvalue weighted by atomic mass is 32.1. The van der Waals surface area contributed by atoms with Crippen LogP contribution >= 0.6 is 25.4 Å². The zero-order valence-electron chi connectivity index (χ0n) is 4.94. The third-order valence-corrected chi connectivity index (χ3v) is 1.46. The smallest absolute Gasteiger partial charge is 0.305 e. The van der Waals surface area contributed by atoms with E-state index < -0.39 is 17.1 Å².